The monoisotopic (exact) mass is 240 g/mol. The summed E-state index contributed by atoms with van der Waals surface area (Å²) in [6.07, 6.45) is 4.89. The van der Waals surface area contributed by atoms with Crippen molar-refractivity contribution in [1.29, 1.82) is 0 Å². The summed E-state index contributed by atoms with van der Waals surface area (Å²) in [5.41, 5.74) is 0.579. The Morgan fingerprint density at radius 1 is 1.56 bits per heavy atom. The fraction of sp³-hybridized carbons (Fsp3) is 0.500. The summed E-state index contributed by atoms with van der Waals surface area (Å²) < 4.78 is 12.7. The van der Waals surface area contributed by atoms with Crippen molar-refractivity contribution in [2.75, 3.05) is 18.1 Å². The highest BCUT2D eigenvalue weighted by Crippen LogP contribution is 2.06. The van der Waals surface area contributed by atoms with Crippen LogP contribution in [0.1, 0.15) is 6.92 Å². The van der Waals surface area contributed by atoms with Gasteiger partial charge in [-0.25, -0.2) is 0 Å². The maximum atomic E-state index is 11.2. The largest absolute Gasteiger partial charge is 0.367 e. The van der Waals surface area contributed by atoms with Crippen LogP contribution in [0.15, 0.2) is 12.4 Å². The molecule has 0 aliphatic rings. The standard InChI is InChI=1S/C8H12N6OS/c1-6(16(2)15)3-10-7-4-9-5-8-11-12-13-14(7)8/h4-6,10H,3H2,1-2H3. The molecular weight excluding hydrogens is 228 g/mol. The second kappa shape index (κ2) is 4.52. The molecule has 2 aromatic rings. The van der Waals surface area contributed by atoms with E-state index >= 15 is 0 Å². The second-order valence-electron chi connectivity index (χ2n) is 3.43. The first-order valence-electron chi connectivity index (χ1n) is 4.76. The van der Waals surface area contributed by atoms with Crippen LogP contribution in [-0.4, -0.2) is 47.3 Å². The van der Waals surface area contributed by atoms with E-state index in [9.17, 15) is 4.21 Å². The molecule has 1 N–H and O–H groups in total. The predicted molar refractivity (Wildman–Crippen MR) is 60.6 cm³/mol. The summed E-state index contributed by atoms with van der Waals surface area (Å²) in [6, 6.07) is 0. The minimum absolute atomic E-state index is 0.0618. The van der Waals surface area contributed by atoms with Crippen LogP contribution in [0.3, 0.4) is 0 Å². The number of rotatable bonds is 4. The molecule has 8 heteroatoms. The highest BCUT2D eigenvalue weighted by molar-refractivity contribution is 7.84. The van der Waals surface area contributed by atoms with E-state index in [1.807, 2.05) is 6.92 Å². The lowest BCUT2D eigenvalue weighted by Gasteiger charge is -2.10. The maximum absolute atomic E-state index is 11.2. The number of hydrogen-bond acceptors (Lipinski definition) is 6. The van der Waals surface area contributed by atoms with Crippen molar-refractivity contribution >= 4 is 22.3 Å². The molecule has 0 radical (unpaired) electrons. The first-order chi connectivity index (χ1) is 7.68. The molecule has 2 unspecified atom stereocenters. The van der Waals surface area contributed by atoms with Crippen LogP contribution in [0.25, 0.3) is 5.65 Å². The van der Waals surface area contributed by atoms with Crippen molar-refractivity contribution < 1.29 is 4.21 Å². The molecule has 2 heterocycles. The van der Waals surface area contributed by atoms with E-state index in [4.69, 9.17) is 0 Å². The van der Waals surface area contributed by atoms with E-state index < -0.39 is 10.8 Å². The van der Waals surface area contributed by atoms with Gasteiger partial charge in [-0.15, -0.1) is 5.10 Å². The Morgan fingerprint density at radius 2 is 2.38 bits per heavy atom. The van der Waals surface area contributed by atoms with Crippen LogP contribution in [0, 0.1) is 0 Å². The van der Waals surface area contributed by atoms with Crippen molar-refractivity contribution in [3.8, 4) is 0 Å². The van der Waals surface area contributed by atoms with Gasteiger partial charge in [0.1, 0.15) is 5.82 Å². The zero-order valence-corrected chi connectivity index (χ0v) is 9.81. The summed E-state index contributed by atoms with van der Waals surface area (Å²) in [4.78, 5) is 4.01. The lowest BCUT2D eigenvalue weighted by atomic mass is 10.4. The van der Waals surface area contributed by atoms with Gasteiger partial charge in [0.25, 0.3) is 0 Å². The summed E-state index contributed by atoms with van der Waals surface area (Å²) in [6.45, 7) is 2.50. The molecule has 2 atom stereocenters. The number of anilines is 1. The van der Waals surface area contributed by atoms with Gasteiger partial charge in [0.2, 0.25) is 0 Å². The van der Waals surface area contributed by atoms with Crippen molar-refractivity contribution in [1.82, 2.24) is 25.0 Å². The van der Waals surface area contributed by atoms with Gasteiger partial charge < -0.3 is 5.32 Å². The van der Waals surface area contributed by atoms with Crippen LogP contribution >= 0.6 is 0 Å². The lowest BCUT2D eigenvalue weighted by Crippen LogP contribution is -2.21. The first kappa shape index (κ1) is 10.9. The molecule has 2 rings (SSSR count). The molecule has 0 aliphatic carbocycles. The number of nitrogens with zero attached hydrogens (tertiary/aromatic N) is 5. The molecule has 0 aliphatic heterocycles. The number of nitrogens with one attached hydrogen (secondary N) is 1. The van der Waals surface area contributed by atoms with Crippen LogP contribution in [0.5, 0.6) is 0 Å². The van der Waals surface area contributed by atoms with Gasteiger partial charge in [0.05, 0.1) is 12.4 Å². The average molecular weight is 240 g/mol. The van der Waals surface area contributed by atoms with Gasteiger partial charge >= 0.3 is 0 Å². The van der Waals surface area contributed by atoms with E-state index in [2.05, 4.69) is 25.8 Å². The number of fused-ring (bicyclic) bond motifs is 1. The van der Waals surface area contributed by atoms with Crippen molar-refractivity contribution in [3.63, 3.8) is 0 Å². The summed E-state index contributed by atoms with van der Waals surface area (Å²) in [5, 5.41) is 14.3. The maximum Gasteiger partial charge on any atom is 0.199 e. The van der Waals surface area contributed by atoms with Gasteiger partial charge in [-0.05, 0) is 17.4 Å². The molecule has 0 spiro atoms. The fourth-order valence-electron chi connectivity index (χ4n) is 1.16. The van der Waals surface area contributed by atoms with Crippen LogP contribution in [0.4, 0.5) is 5.82 Å². The molecular formula is C8H12N6OS. The molecule has 16 heavy (non-hydrogen) atoms. The SMILES string of the molecule is CC(CNc1cncc2nnnn12)S(C)=O. The Balaban J connectivity index is 2.15. The van der Waals surface area contributed by atoms with E-state index in [1.165, 1.54) is 0 Å². The predicted octanol–water partition coefficient (Wildman–Crippen LogP) is -0.302. The Morgan fingerprint density at radius 3 is 3.12 bits per heavy atom. The van der Waals surface area contributed by atoms with Crippen LogP contribution in [-0.2, 0) is 10.8 Å². The van der Waals surface area contributed by atoms with Gasteiger partial charge in [-0.1, -0.05) is 0 Å². The Labute approximate surface area is 94.7 Å². The minimum Gasteiger partial charge on any atom is -0.367 e. The van der Waals surface area contributed by atoms with E-state index in [0.717, 1.165) is 0 Å². The quantitative estimate of drug-likeness (QED) is 0.789. The molecule has 0 saturated heterocycles. The topological polar surface area (TPSA) is 85.1 Å². The van der Waals surface area contributed by atoms with Crippen LogP contribution < -0.4 is 5.32 Å². The van der Waals surface area contributed by atoms with E-state index in [-0.39, 0.29) is 5.25 Å². The van der Waals surface area contributed by atoms with E-state index in [0.29, 0.717) is 18.0 Å². The highest BCUT2D eigenvalue weighted by atomic mass is 32.2. The summed E-state index contributed by atoms with van der Waals surface area (Å²) >= 11 is 0. The first-order valence-corrected chi connectivity index (χ1v) is 6.39. The zero-order chi connectivity index (χ0) is 11.5. The molecule has 0 fully saturated rings. The normalized spacial score (nSPS) is 14.9. The van der Waals surface area contributed by atoms with Gasteiger partial charge in [-0.3, -0.25) is 9.19 Å². The smallest absolute Gasteiger partial charge is 0.199 e. The van der Waals surface area contributed by atoms with Gasteiger partial charge in [0.15, 0.2) is 5.65 Å². The number of tetrazole rings is 1. The third-order valence-corrected chi connectivity index (χ3v) is 3.55. The molecule has 2 aromatic heterocycles. The van der Waals surface area contributed by atoms with E-state index in [1.54, 1.807) is 23.2 Å². The molecule has 0 amide bonds. The Kier molecular flexibility index (Phi) is 3.09. The minimum atomic E-state index is -0.852. The number of aromatic nitrogens is 5. The summed E-state index contributed by atoms with van der Waals surface area (Å²) in [7, 11) is -0.852. The van der Waals surface area contributed by atoms with Crippen molar-refractivity contribution in [3.05, 3.63) is 12.4 Å². The highest BCUT2D eigenvalue weighted by Gasteiger charge is 2.08. The average Bonchev–Trinajstić information content (AvgIpc) is 2.73. The van der Waals surface area contributed by atoms with Crippen molar-refractivity contribution in [2.45, 2.75) is 12.2 Å². The van der Waals surface area contributed by atoms with Gasteiger partial charge in [-0.2, -0.15) is 4.52 Å². The molecule has 7 nitrogen and oxygen atoms in total. The third kappa shape index (κ3) is 2.16. The second-order valence-corrected chi connectivity index (χ2v) is 5.23. The molecule has 0 aromatic carbocycles. The fourth-order valence-corrected chi connectivity index (χ4v) is 1.48. The molecule has 0 saturated carbocycles. The third-order valence-electron chi connectivity index (χ3n) is 2.25. The molecule has 86 valence electrons. The van der Waals surface area contributed by atoms with Gasteiger partial charge in [0, 0.05) is 28.9 Å². The lowest BCUT2D eigenvalue weighted by molar-refractivity contribution is 0.678. The summed E-state index contributed by atoms with van der Waals surface area (Å²) in [5.74, 6) is 0.694. The van der Waals surface area contributed by atoms with Crippen LogP contribution in [0.2, 0.25) is 0 Å². The Bertz CT molecular complexity index is 512. The zero-order valence-electron chi connectivity index (χ0n) is 8.99. The van der Waals surface area contributed by atoms with Crippen molar-refractivity contribution in [2.24, 2.45) is 0 Å². The Hall–Kier alpha value is -1.57. The molecule has 0 bridgehead atoms. The number of hydrogen-bond donors (Lipinski definition) is 1.